The molecule has 8 nitrogen and oxygen atoms in total. The molecule has 5 N–H and O–H groups in total. The van der Waals surface area contributed by atoms with E-state index in [9.17, 15) is 15.0 Å². The molecular formula is C23H29BrN4O4. The first-order valence-corrected chi connectivity index (χ1v) is 11.5. The zero-order chi connectivity index (χ0) is 22.8. The average Bonchev–Trinajstić information content (AvgIpc) is 2.79. The van der Waals surface area contributed by atoms with Crippen molar-refractivity contribution in [3.05, 3.63) is 58.6 Å². The highest BCUT2D eigenvalue weighted by atomic mass is 79.9. The van der Waals surface area contributed by atoms with Crippen molar-refractivity contribution in [3.63, 3.8) is 0 Å². The van der Waals surface area contributed by atoms with Crippen molar-refractivity contribution >= 4 is 27.6 Å². The number of aliphatic hydroxyl groups is 2. The highest BCUT2D eigenvalue weighted by Gasteiger charge is 2.51. The van der Waals surface area contributed by atoms with Crippen molar-refractivity contribution in [2.75, 3.05) is 38.6 Å². The number of methoxy groups -OCH3 is 1. The maximum atomic E-state index is 13.1. The normalized spacial score (nSPS) is 28.2. The molecule has 0 aromatic heterocycles. The second-order valence-electron chi connectivity index (χ2n) is 8.34. The molecule has 0 radical (unpaired) electrons. The Morgan fingerprint density at radius 2 is 1.75 bits per heavy atom. The van der Waals surface area contributed by atoms with Crippen LogP contribution >= 0.6 is 15.9 Å². The monoisotopic (exact) mass is 504 g/mol. The van der Waals surface area contributed by atoms with E-state index in [0.29, 0.717) is 31.1 Å². The standard InChI is InChI=1S/C23H29BrN4O4/c1-32-17-8-6-16(7-9-17)26-23(31)27-11-19-22(14-2-4-15(24)5-3-14)18(10-25)28(19)13-21(30)20(29)12-27/h2-9,18-22,29-30H,10-13,25H2,1H3,(H,26,31)/t18-,19+,20+,21-,22+/m1/s1. The minimum Gasteiger partial charge on any atom is -0.497 e. The molecule has 9 heteroatoms. The van der Waals surface area contributed by atoms with Gasteiger partial charge in [-0.25, -0.2) is 4.79 Å². The summed E-state index contributed by atoms with van der Waals surface area (Å²) in [6.45, 7) is 1.23. The number of anilines is 1. The summed E-state index contributed by atoms with van der Waals surface area (Å²) in [7, 11) is 1.58. The third-order valence-electron chi connectivity index (χ3n) is 6.46. The molecule has 0 unspecified atom stereocenters. The van der Waals surface area contributed by atoms with Crippen LogP contribution in [0.5, 0.6) is 5.75 Å². The van der Waals surface area contributed by atoms with E-state index in [1.54, 1.807) is 36.3 Å². The SMILES string of the molecule is COc1ccc(NC(=O)N2C[C@H](O)[C@H](O)CN3[C@H](CN)[C@H](c4ccc(Br)cc4)[C@@H]3C2)cc1. The van der Waals surface area contributed by atoms with Crippen molar-refractivity contribution < 1.29 is 19.7 Å². The number of carbonyl (C=O) groups is 1. The van der Waals surface area contributed by atoms with Gasteiger partial charge in [0.05, 0.1) is 25.9 Å². The molecule has 2 aliphatic rings. The number of amides is 2. The predicted molar refractivity (Wildman–Crippen MR) is 126 cm³/mol. The van der Waals surface area contributed by atoms with Gasteiger partial charge in [0.25, 0.3) is 0 Å². The first-order valence-electron chi connectivity index (χ1n) is 10.7. The minimum absolute atomic E-state index is 0.00603. The first-order chi connectivity index (χ1) is 15.4. The van der Waals surface area contributed by atoms with E-state index in [-0.39, 0.29) is 30.6 Å². The lowest BCUT2D eigenvalue weighted by atomic mass is 9.74. The topological polar surface area (TPSA) is 111 Å². The quantitative estimate of drug-likeness (QED) is 0.505. The number of carbonyl (C=O) groups excluding carboxylic acids is 1. The molecule has 2 aliphatic heterocycles. The molecule has 2 aromatic rings. The molecule has 2 aromatic carbocycles. The molecule has 4 rings (SSSR count). The van der Waals surface area contributed by atoms with E-state index in [1.807, 2.05) is 12.1 Å². The van der Waals surface area contributed by atoms with E-state index >= 15 is 0 Å². The second-order valence-corrected chi connectivity index (χ2v) is 9.26. The number of fused-ring (bicyclic) bond motifs is 1. The summed E-state index contributed by atoms with van der Waals surface area (Å²) >= 11 is 3.48. The fraction of sp³-hybridized carbons (Fsp3) is 0.435. The zero-order valence-corrected chi connectivity index (χ0v) is 19.5. The molecule has 2 heterocycles. The Labute approximate surface area is 196 Å². The van der Waals surface area contributed by atoms with Crippen molar-refractivity contribution in [2.45, 2.75) is 30.2 Å². The Hall–Kier alpha value is -2.17. The van der Waals surface area contributed by atoms with Crippen molar-refractivity contribution in [1.82, 2.24) is 9.80 Å². The van der Waals surface area contributed by atoms with E-state index < -0.39 is 12.2 Å². The number of benzene rings is 2. The van der Waals surface area contributed by atoms with E-state index in [4.69, 9.17) is 10.5 Å². The Morgan fingerprint density at radius 1 is 1.09 bits per heavy atom. The Bertz CT molecular complexity index is 927. The Morgan fingerprint density at radius 3 is 2.38 bits per heavy atom. The van der Waals surface area contributed by atoms with Gasteiger partial charge in [-0.2, -0.15) is 0 Å². The number of urea groups is 1. The number of β-amino-alcohol motifs (C(OH)–C–C–N with tert-alkyl or cyclic N) is 1. The van der Waals surface area contributed by atoms with Gasteiger partial charge in [-0.15, -0.1) is 0 Å². The number of hydrogen-bond acceptors (Lipinski definition) is 6. The third kappa shape index (κ3) is 4.62. The van der Waals surface area contributed by atoms with Crippen LogP contribution in [0.4, 0.5) is 10.5 Å². The van der Waals surface area contributed by atoms with Crippen LogP contribution < -0.4 is 15.8 Å². The van der Waals surface area contributed by atoms with Crippen LogP contribution in [0, 0.1) is 0 Å². The van der Waals surface area contributed by atoms with E-state index in [2.05, 4.69) is 38.3 Å². The van der Waals surface area contributed by atoms with Crippen LogP contribution in [0.25, 0.3) is 0 Å². The lowest BCUT2D eigenvalue weighted by molar-refractivity contribution is -0.0988. The van der Waals surface area contributed by atoms with Crippen molar-refractivity contribution in [3.8, 4) is 5.75 Å². The smallest absolute Gasteiger partial charge is 0.321 e. The van der Waals surface area contributed by atoms with Gasteiger partial charge < -0.3 is 30.9 Å². The molecule has 2 amide bonds. The number of halogens is 1. The highest BCUT2D eigenvalue weighted by molar-refractivity contribution is 9.10. The number of nitrogens with zero attached hydrogens (tertiary/aromatic N) is 2. The average molecular weight is 505 g/mol. The molecule has 0 spiro atoms. The van der Waals surface area contributed by atoms with Gasteiger partial charge in [0.2, 0.25) is 0 Å². The first kappa shape index (κ1) is 23.0. The molecule has 172 valence electrons. The lowest BCUT2D eigenvalue weighted by Crippen LogP contribution is -2.71. The number of nitrogens with two attached hydrogens (primary N) is 1. The molecule has 5 atom stereocenters. The van der Waals surface area contributed by atoms with Gasteiger partial charge in [0.1, 0.15) is 5.75 Å². The van der Waals surface area contributed by atoms with E-state index in [0.717, 1.165) is 10.0 Å². The summed E-state index contributed by atoms with van der Waals surface area (Å²) in [5.41, 5.74) is 7.87. The fourth-order valence-electron chi connectivity index (χ4n) is 4.74. The van der Waals surface area contributed by atoms with Crippen LogP contribution in [0.15, 0.2) is 53.0 Å². The van der Waals surface area contributed by atoms with Crippen LogP contribution in [0.2, 0.25) is 0 Å². The van der Waals surface area contributed by atoms with Gasteiger partial charge in [0, 0.05) is 47.8 Å². The van der Waals surface area contributed by atoms with Gasteiger partial charge in [-0.05, 0) is 42.0 Å². The van der Waals surface area contributed by atoms with Gasteiger partial charge in [0.15, 0.2) is 0 Å². The van der Waals surface area contributed by atoms with Gasteiger partial charge in [-0.1, -0.05) is 28.1 Å². The van der Waals surface area contributed by atoms with Crippen LogP contribution in [0.3, 0.4) is 0 Å². The number of ether oxygens (including phenoxy) is 1. The Kier molecular flexibility index (Phi) is 7.02. The summed E-state index contributed by atoms with van der Waals surface area (Å²) in [6, 6.07) is 14.9. The zero-order valence-electron chi connectivity index (χ0n) is 17.9. The summed E-state index contributed by atoms with van der Waals surface area (Å²) in [5, 5.41) is 23.9. The van der Waals surface area contributed by atoms with Gasteiger partial charge >= 0.3 is 6.03 Å². The molecule has 0 bridgehead atoms. The summed E-state index contributed by atoms with van der Waals surface area (Å²) in [6.07, 6.45) is -2.00. The minimum atomic E-state index is -1.04. The number of aliphatic hydroxyl groups excluding tert-OH is 2. The molecule has 0 saturated carbocycles. The van der Waals surface area contributed by atoms with Crippen molar-refractivity contribution in [1.29, 1.82) is 0 Å². The maximum Gasteiger partial charge on any atom is 0.321 e. The highest BCUT2D eigenvalue weighted by Crippen LogP contribution is 2.42. The summed E-state index contributed by atoms with van der Waals surface area (Å²) in [5.74, 6) is 0.829. The van der Waals surface area contributed by atoms with E-state index in [1.165, 1.54) is 0 Å². The maximum absolute atomic E-state index is 13.1. The number of hydrogen-bond donors (Lipinski definition) is 4. The molecule has 2 saturated heterocycles. The number of rotatable bonds is 4. The second kappa shape index (κ2) is 9.76. The number of nitrogens with one attached hydrogen (secondary N) is 1. The van der Waals surface area contributed by atoms with Crippen LogP contribution in [-0.4, -0.2) is 83.6 Å². The lowest BCUT2D eigenvalue weighted by Gasteiger charge is -2.58. The summed E-state index contributed by atoms with van der Waals surface area (Å²) in [4.78, 5) is 16.8. The Balaban J connectivity index is 1.56. The molecule has 2 fully saturated rings. The van der Waals surface area contributed by atoms with Crippen LogP contribution in [-0.2, 0) is 0 Å². The fourth-order valence-corrected chi connectivity index (χ4v) is 5.01. The summed E-state index contributed by atoms with van der Waals surface area (Å²) < 4.78 is 6.16. The predicted octanol–water partition coefficient (Wildman–Crippen LogP) is 1.82. The largest absolute Gasteiger partial charge is 0.497 e. The molecule has 32 heavy (non-hydrogen) atoms. The third-order valence-corrected chi connectivity index (χ3v) is 6.99. The van der Waals surface area contributed by atoms with Gasteiger partial charge in [-0.3, -0.25) is 4.90 Å². The molecular weight excluding hydrogens is 476 g/mol. The van der Waals surface area contributed by atoms with Crippen LogP contribution in [0.1, 0.15) is 11.5 Å². The molecule has 0 aliphatic carbocycles. The van der Waals surface area contributed by atoms with Crippen molar-refractivity contribution in [2.24, 2.45) is 5.73 Å².